The zero-order valence-electron chi connectivity index (χ0n) is 82.0. The molecule has 25 aromatic carbocycles. The molecule has 28 aromatic rings. The normalized spacial score (nSPS) is 11.3. The number of para-hydroxylation sites is 4. The standard InChI is InChI=1S/C50H32N2.C50H34N2.C44H28N2/c1-2-12-33(13-3-1)34-24-26-35(27-25-34)50-51-48-23-9-8-22-46(48)49(52-50)40-17-11-16-38(31-40)36-14-10-15-37(30-36)39-28-29-45-43-20-5-4-18-41(43)42-19-6-7-21-44(42)47(45)32-39;1-4-14-35(15-5-1)38-26-28-39(29-27-38)50-51-48-25-11-10-24-47(48)49(52-50)43-23-13-21-41(31-43)40-20-12-22-42(30-40)46-33-44(36-16-6-2-7-17-36)32-45(34-46)37-18-8-3-9-19-37;1-2-12-29(13-3-1)43-44(46-42-23-9-8-22-41(42)45-43)34-17-11-16-32(27-34)30-14-10-15-31(26-30)33-24-25-39-37-20-5-4-18-35(37)36-19-6-7-21-38(36)40(39)28-33/h1-32H;1-34H;1-28H. The number of hydrogen-bond donors (Lipinski definition) is 0. The highest BCUT2D eigenvalue weighted by molar-refractivity contribution is 6.27. The van der Waals surface area contributed by atoms with Crippen molar-refractivity contribution in [3.63, 3.8) is 0 Å². The third kappa shape index (κ3) is 18.0. The molecule has 0 amide bonds. The first-order chi connectivity index (χ1) is 74.3. The minimum Gasteiger partial charge on any atom is -0.244 e. The van der Waals surface area contributed by atoms with E-state index in [4.69, 9.17) is 29.9 Å². The second kappa shape index (κ2) is 40.0. The predicted octanol–water partition coefficient (Wildman–Crippen LogP) is 38.5. The number of aromatic nitrogens is 6. The van der Waals surface area contributed by atoms with Gasteiger partial charge in [0.1, 0.15) is 0 Å². The van der Waals surface area contributed by atoms with Gasteiger partial charge in [0.05, 0.1) is 44.8 Å². The molecule has 0 spiro atoms. The summed E-state index contributed by atoms with van der Waals surface area (Å²) in [5, 5.41) is 17.5. The van der Waals surface area contributed by atoms with Gasteiger partial charge in [-0.25, -0.2) is 29.9 Å². The Hall–Kier alpha value is -19.9. The number of fused-ring (bicyclic) bond motifs is 15. The Morgan fingerprint density at radius 1 is 0.0800 bits per heavy atom. The minimum absolute atomic E-state index is 0.716. The minimum atomic E-state index is 0.716. The summed E-state index contributed by atoms with van der Waals surface area (Å²) in [6, 6.07) is 203. The lowest BCUT2D eigenvalue weighted by atomic mass is 9.91. The van der Waals surface area contributed by atoms with E-state index in [0.717, 1.165) is 128 Å². The van der Waals surface area contributed by atoms with Gasteiger partial charge in [-0.2, -0.15) is 0 Å². The molecule has 0 atom stereocenters. The van der Waals surface area contributed by atoms with Crippen molar-refractivity contribution in [1.29, 1.82) is 0 Å². The summed E-state index contributed by atoms with van der Waals surface area (Å²) in [6.07, 6.45) is 0. The van der Waals surface area contributed by atoms with Crippen molar-refractivity contribution >= 4 is 97.5 Å². The Bertz CT molecular complexity index is 9860. The average Bonchev–Trinajstić information content (AvgIpc) is 0.740. The lowest BCUT2D eigenvalue weighted by Crippen LogP contribution is -1.95. The molecule has 0 saturated heterocycles. The van der Waals surface area contributed by atoms with Crippen LogP contribution in [0.5, 0.6) is 0 Å². The van der Waals surface area contributed by atoms with Crippen molar-refractivity contribution in [2.24, 2.45) is 0 Å². The summed E-state index contributed by atoms with van der Waals surface area (Å²) in [5.41, 5.74) is 37.1. The van der Waals surface area contributed by atoms with Crippen LogP contribution in [0.1, 0.15) is 0 Å². The van der Waals surface area contributed by atoms with Crippen LogP contribution in [-0.2, 0) is 0 Å². The molecule has 28 rings (SSSR count). The summed E-state index contributed by atoms with van der Waals surface area (Å²) in [5.74, 6) is 1.44. The Labute approximate surface area is 870 Å². The molecule has 0 unspecified atom stereocenters. The van der Waals surface area contributed by atoms with Crippen molar-refractivity contribution in [2.45, 2.75) is 0 Å². The lowest BCUT2D eigenvalue weighted by Gasteiger charge is -2.13. The van der Waals surface area contributed by atoms with Crippen LogP contribution in [0, 0.1) is 0 Å². The van der Waals surface area contributed by atoms with Gasteiger partial charge in [-0.15, -0.1) is 0 Å². The zero-order valence-corrected chi connectivity index (χ0v) is 82.0. The smallest absolute Gasteiger partial charge is 0.160 e. The maximum Gasteiger partial charge on any atom is 0.160 e. The zero-order chi connectivity index (χ0) is 99.6. The first-order valence-corrected chi connectivity index (χ1v) is 51.1. The van der Waals surface area contributed by atoms with Crippen molar-refractivity contribution in [3.05, 3.63) is 570 Å². The fraction of sp³-hybridized carbons (Fsp3) is 0. The van der Waals surface area contributed by atoms with Crippen molar-refractivity contribution < 1.29 is 0 Å². The van der Waals surface area contributed by atoms with Crippen LogP contribution in [0.2, 0.25) is 0 Å². The highest BCUT2D eigenvalue weighted by atomic mass is 14.9. The second-order valence-electron chi connectivity index (χ2n) is 38.2. The van der Waals surface area contributed by atoms with Gasteiger partial charge < -0.3 is 0 Å². The summed E-state index contributed by atoms with van der Waals surface area (Å²) >= 11 is 0. The van der Waals surface area contributed by atoms with Gasteiger partial charge in [-0.05, 0) is 267 Å². The number of rotatable bonds is 16. The van der Waals surface area contributed by atoms with E-state index in [-0.39, 0.29) is 0 Å². The molecule has 0 aliphatic rings. The van der Waals surface area contributed by atoms with Gasteiger partial charge in [-0.3, -0.25) is 0 Å². The third-order valence-corrected chi connectivity index (χ3v) is 29.0. The molecule has 0 aliphatic carbocycles. The van der Waals surface area contributed by atoms with E-state index in [2.05, 4.69) is 516 Å². The SMILES string of the molecule is c1ccc(-c2ccc(-c3nc(-c4cccc(-c5cccc(-c6cc(-c7ccccc7)cc(-c7ccccc7)c6)c5)c4)c4ccccc4n3)cc2)cc1.c1ccc(-c2ccc(-c3nc(-c4cccc(-c5cccc(-c6ccc7c8ccccc8c8ccccc8c7c6)c5)c4)c4ccccc4n3)cc2)cc1.c1ccc(-c2nc3ccccc3nc2-c2cccc(-c3cccc(-c4ccc5c6ccccc6c6ccccc6c5c4)c3)c2)cc1. The fourth-order valence-electron chi connectivity index (χ4n) is 21.5. The first kappa shape index (κ1) is 90.1. The second-order valence-corrected chi connectivity index (χ2v) is 38.2. The van der Waals surface area contributed by atoms with Gasteiger partial charge in [-0.1, -0.05) is 479 Å². The van der Waals surface area contributed by atoms with E-state index < -0.39 is 0 Å². The molecule has 0 saturated carbocycles. The summed E-state index contributed by atoms with van der Waals surface area (Å²) in [6.45, 7) is 0. The molecule has 150 heavy (non-hydrogen) atoms. The van der Waals surface area contributed by atoms with Crippen LogP contribution >= 0.6 is 0 Å². The van der Waals surface area contributed by atoms with Crippen LogP contribution in [0.25, 0.3) is 277 Å². The monoisotopic (exact) mass is 1910 g/mol. The Morgan fingerprint density at radius 3 is 0.573 bits per heavy atom. The van der Waals surface area contributed by atoms with Crippen LogP contribution in [0.3, 0.4) is 0 Å². The molecule has 0 N–H and O–H groups in total. The topological polar surface area (TPSA) is 77.3 Å². The molecule has 0 radical (unpaired) electrons. The maximum absolute atomic E-state index is 5.21. The van der Waals surface area contributed by atoms with Crippen molar-refractivity contribution in [1.82, 2.24) is 29.9 Å². The highest BCUT2D eigenvalue weighted by Crippen LogP contribution is 2.45. The number of nitrogens with zero attached hydrogens (tertiary/aromatic N) is 6. The largest absolute Gasteiger partial charge is 0.244 e. The quantitative estimate of drug-likeness (QED) is 0.0897. The molecule has 700 valence electrons. The van der Waals surface area contributed by atoms with E-state index in [0.29, 0.717) is 5.82 Å². The molecule has 3 heterocycles. The van der Waals surface area contributed by atoms with E-state index >= 15 is 0 Å². The molecule has 0 bridgehead atoms. The van der Waals surface area contributed by atoms with Crippen molar-refractivity contribution in [3.8, 4) is 179 Å². The Kier molecular flexibility index (Phi) is 24.0. The lowest BCUT2D eigenvalue weighted by molar-refractivity contribution is 1.23. The summed E-state index contributed by atoms with van der Waals surface area (Å²) < 4.78 is 0. The van der Waals surface area contributed by atoms with Gasteiger partial charge in [0, 0.05) is 44.2 Å². The van der Waals surface area contributed by atoms with Gasteiger partial charge in [0.25, 0.3) is 0 Å². The average molecular weight is 1910 g/mol. The van der Waals surface area contributed by atoms with E-state index in [1.165, 1.54) is 143 Å². The molecule has 6 heteroatoms. The van der Waals surface area contributed by atoms with Crippen LogP contribution < -0.4 is 0 Å². The van der Waals surface area contributed by atoms with Crippen LogP contribution in [-0.4, -0.2) is 29.9 Å². The fourth-order valence-corrected chi connectivity index (χ4v) is 21.5. The van der Waals surface area contributed by atoms with Gasteiger partial charge >= 0.3 is 0 Å². The predicted molar refractivity (Wildman–Crippen MR) is 631 cm³/mol. The van der Waals surface area contributed by atoms with E-state index in [1.54, 1.807) is 0 Å². The van der Waals surface area contributed by atoms with Gasteiger partial charge in [0.15, 0.2) is 11.6 Å². The molecule has 3 aromatic heterocycles. The maximum atomic E-state index is 5.21. The van der Waals surface area contributed by atoms with Crippen LogP contribution in [0.15, 0.2) is 570 Å². The molecular weight excluding hydrogens is 1810 g/mol. The number of hydrogen-bond acceptors (Lipinski definition) is 6. The third-order valence-electron chi connectivity index (χ3n) is 29.0. The summed E-state index contributed by atoms with van der Waals surface area (Å²) in [7, 11) is 0. The van der Waals surface area contributed by atoms with Gasteiger partial charge in [0.2, 0.25) is 0 Å². The highest BCUT2D eigenvalue weighted by Gasteiger charge is 2.22. The van der Waals surface area contributed by atoms with E-state index in [1.807, 2.05) is 54.6 Å². The van der Waals surface area contributed by atoms with Crippen molar-refractivity contribution in [2.75, 3.05) is 0 Å². The number of benzene rings is 25. The Morgan fingerprint density at radius 2 is 0.260 bits per heavy atom. The molecule has 0 fully saturated rings. The first-order valence-electron chi connectivity index (χ1n) is 51.1. The molecule has 0 aliphatic heterocycles. The summed E-state index contributed by atoms with van der Waals surface area (Å²) in [4.78, 5) is 30.6. The Balaban J connectivity index is 0.000000114. The van der Waals surface area contributed by atoms with E-state index in [9.17, 15) is 0 Å². The van der Waals surface area contributed by atoms with Crippen LogP contribution in [0.4, 0.5) is 0 Å². The molecule has 6 nitrogen and oxygen atoms in total. The molecular formula is C144H94N6.